The number of hydrogen-bond acceptors (Lipinski definition) is 3. The highest BCUT2D eigenvalue weighted by atomic mass is 16.3. The molecule has 0 bridgehead atoms. The monoisotopic (exact) mass is 292 g/mol. The summed E-state index contributed by atoms with van der Waals surface area (Å²) >= 11 is 0. The Hall–Kier alpha value is -1.56. The molecule has 3 rings (SSSR count). The topological polar surface area (TPSA) is 79.2 Å². The lowest BCUT2D eigenvalue weighted by Gasteiger charge is -2.27. The molecule has 6 heteroatoms. The molecule has 0 aliphatic heterocycles. The summed E-state index contributed by atoms with van der Waals surface area (Å²) in [7, 11) is 1.84. The fraction of sp³-hybridized carbons (Fsp3) is 0.733. The van der Waals surface area contributed by atoms with Crippen LogP contribution >= 0.6 is 0 Å². The van der Waals surface area contributed by atoms with Gasteiger partial charge >= 0.3 is 6.03 Å². The van der Waals surface area contributed by atoms with Gasteiger partial charge in [-0.3, -0.25) is 10.00 Å². The first-order valence-corrected chi connectivity index (χ1v) is 7.86. The number of anilines is 1. The largest absolute Gasteiger partial charge is 0.394 e. The van der Waals surface area contributed by atoms with E-state index in [9.17, 15) is 9.90 Å². The maximum Gasteiger partial charge on any atom is 0.320 e. The summed E-state index contributed by atoms with van der Waals surface area (Å²) in [5.74, 6) is 1.26. The Balaban J connectivity index is 1.63. The molecule has 0 unspecified atom stereocenters. The van der Waals surface area contributed by atoms with Crippen molar-refractivity contribution >= 4 is 11.8 Å². The molecule has 1 aromatic heterocycles. The first-order chi connectivity index (χ1) is 10.1. The summed E-state index contributed by atoms with van der Waals surface area (Å²) in [5.41, 5.74) is 0.622. The van der Waals surface area contributed by atoms with Crippen molar-refractivity contribution in [1.82, 2.24) is 15.1 Å². The second-order valence-corrected chi connectivity index (χ2v) is 6.43. The van der Waals surface area contributed by atoms with Gasteiger partial charge in [0.1, 0.15) is 5.82 Å². The minimum absolute atomic E-state index is 0.000862. The van der Waals surface area contributed by atoms with Gasteiger partial charge in [-0.05, 0) is 25.7 Å². The predicted molar refractivity (Wildman–Crippen MR) is 80.2 cm³/mol. The molecule has 2 aliphatic carbocycles. The number of nitrogens with zero attached hydrogens (tertiary/aromatic N) is 2. The molecule has 2 amide bonds. The lowest BCUT2D eigenvalue weighted by Crippen LogP contribution is -2.50. The van der Waals surface area contributed by atoms with Crippen LogP contribution in [0.25, 0.3) is 0 Å². The van der Waals surface area contributed by atoms with Crippen LogP contribution in [0, 0.1) is 0 Å². The molecule has 0 aromatic carbocycles. The zero-order chi connectivity index (χ0) is 14.9. The first kappa shape index (κ1) is 14.4. The summed E-state index contributed by atoms with van der Waals surface area (Å²) in [5, 5.41) is 19.8. The zero-order valence-corrected chi connectivity index (χ0v) is 12.6. The highest BCUT2D eigenvalue weighted by Gasteiger charge is 2.34. The van der Waals surface area contributed by atoms with Crippen molar-refractivity contribution in [3.8, 4) is 0 Å². The molecular weight excluding hydrogens is 268 g/mol. The van der Waals surface area contributed by atoms with Gasteiger partial charge in [0.25, 0.3) is 0 Å². The van der Waals surface area contributed by atoms with E-state index in [2.05, 4.69) is 15.7 Å². The van der Waals surface area contributed by atoms with Gasteiger partial charge in [-0.25, -0.2) is 4.79 Å². The molecular formula is C15H24N4O2. The Morgan fingerprint density at radius 1 is 1.43 bits per heavy atom. The molecule has 116 valence electrons. The third kappa shape index (κ3) is 2.90. The van der Waals surface area contributed by atoms with E-state index in [1.54, 1.807) is 4.68 Å². The SMILES string of the molecule is Cn1nc(C2CCC2)cc1NC(=O)NC1(CO)CCCC1. The van der Waals surface area contributed by atoms with Crippen LogP contribution in [0.1, 0.15) is 56.6 Å². The molecule has 2 fully saturated rings. The maximum atomic E-state index is 12.2. The molecule has 3 N–H and O–H groups in total. The number of urea groups is 1. The van der Waals surface area contributed by atoms with Crippen molar-refractivity contribution in [3.05, 3.63) is 11.8 Å². The molecule has 21 heavy (non-hydrogen) atoms. The van der Waals surface area contributed by atoms with Crippen LogP contribution in [0.15, 0.2) is 6.07 Å². The average molecular weight is 292 g/mol. The second kappa shape index (κ2) is 5.67. The van der Waals surface area contributed by atoms with E-state index in [0.717, 1.165) is 31.4 Å². The predicted octanol–water partition coefficient (Wildman–Crippen LogP) is 2.11. The number of carbonyl (C=O) groups excluding carboxylic acids is 1. The number of nitrogens with one attached hydrogen (secondary N) is 2. The van der Waals surface area contributed by atoms with E-state index >= 15 is 0 Å². The van der Waals surface area contributed by atoms with Crippen molar-refractivity contribution in [2.45, 2.75) is 56.4 Å². The standard InChI is InChI=1S/C15H24N4O2/c1-19-13(9-12(18-19)11-5-4-6-11)16-14(21)17-15(10-20)7-2-3-8-15/h9,11,20H,2-8,10H2,1H3,(H2,16,17,21). The minimum atomic E-state index is -0.445. The second-order valence-electron chi connectivity index (χ2n) is 6.43. The summed E-state index contributed by atoms with van der Waals surface area (Å²) in [6, 6.07) is 1.71. The Kier molecular flexibility index (Phi) is 3.89. The van der Waals surface area contributed by atoms with Gasteiger partial charge in [0, 0.05) is 19.0 Å². The number of hydrogen-bond donors (Lipinski definition) is 3. The zero-order valence-electron chi connectivity index (χ0n) is 12.6. The quantitative estimate of drug-likeness (QED) is 0.795. The van der Waals surface area contributed by atoms with Crippen molar-refractivity contribution in [1.29, 1.82) is 0 Å². The first-order valence-electron chi connectivity index (χ1n) is 7.86. The van der Waals surface area contributed by atoms with Crippen LogP contribution in [0.2, 0.25) is 0 Å². The lowest BCUT2D eigenvalue weighted by atomic mass is 9.83. The molecule has 1 heterocycles. The lowest BCUT2D eigenvalue weighted by molar-refractivity contribution is 0.167. The molecule has 0 spiro atoms. The van der Waals surface area contributed by atoms with Crippen molar-refractivity contribution in [3.63, 3.8) is 0 Å². The van der Waals surface area contributed by atoms with Gasteiger partial charge in [-0.15, -0.1) is 0 Å². The van der Waals surface area contributed by atoms with Gasteiger partial charge in [0.2, 0.25) is 0 Å². The number of carbonyl (C=O) groups is 1. The van der Waals surface area contributed by atoms with Gasteiger partial charge in [-0.2, -0.15) is 5.10 Å². The van der Waals surface area contributed by atoms with Crippen LogP contribution in [0.5, 0.6) is 0 Å². The molecule has 0 radical (unpaired) electrons. The van der Waals surface area contributed by atoms with E-state index in [-0.39, 0.29) is 12.6 Å². The number of amides is 2. The highest BCUT2D eigenvalue weighted by molar-refractivity contribution is 5.89. The van der Waals surface area contributed by atoms with Crippen LogP contribution in [0.3, 0.4) is 0 Å². The molecule has 2 aliphatic rings. The van der Waals surface area contributed by atoms with E-state index in [0.29, 0.717) is 11.7 Å². The maximum absolute atomic E-state index is 12.2. The van der Waals surface area contributed by atoms with E-state index in [4.69, 9.17) is 0 Å². The molecule has 6 nitrogen and oxygen atoms in total. The Bertz CT molecular complexity index is 516. The number of aryl methyl sites for hydroxylation is 1. The Labute approximate surface area is 124 Å². The molecule has 2 saturated carbocycles. The van der Waals surface area contributed by atoms with Gasteiger partial charge in [-0.1, -0.05) is 19.3 Å². The number of aromatic nitrogens is 2. The van der Waals surface area contributed by atoms with Crippen LogP contribution in [-0.2, 0) is 7.05 Å². The number of rotatable bonds is 4. The van der Waals surface area contributed by atoms with Crippen LogP contribution in [-0.4, -0.2) is 33.1 Å². The van der Waals surface area contributed by atoms with Crippen molar-refractivity contribution in [2.24, 2.45) is 7.05 Å². The normalized spacial score (nSPS) is 21.0. The molecule has 1 aromatic rings. The van der Waals surface area contributed by atoms with E-state index in [1.165, 1.54) is 19.3 Å². The average Bonchev–Trinajstić information content (AvgIpc) is 2.96. The van der Waals surface area contributed by atoms with Gasteiger partial charge < -0.3 is 10.4 Å². The summed E-state index contributed by atoms with van der Waals surface area (Å²) < 4.78 is 1.72. The van der Waals surface area contributed by atoms with E-state index < -0.39 is 5.54 Å². The molecule has 0 atom stereocenters. The number of aliphatic hydroxyl groups excluding tert-OH is 1. The summed E-state index contributed by atoms with van der Waals surface area (Å²) in [6.45, 7) is -0.000862. The minimum Gasteiger partial charge on any atom is -0.394 e. The smallest absolute Gasteiger partial charge is 0.320 e. The third-order valence-electron chi connectivity index (χ3n) is 4.91. The van der Waals surface area contributed by atoms with Crippen molar-refractivity contribution in [2.75, 3.05) is 11.9 Å². The number of aliphatic hydroxyl groups is 1. The molecule has 0 saturated heterocycles. The third-order valence-corrected chi connectivity index (χ3v) is 4.91. The van der Waals surface area contributed by atoms with E-state index in [1.807, 2.05) is 13.1 Å². The fourth-order valence-corrected chi connectivity index (χ4v) is 3.27. The Morgan fingerprint density at radius 2 is 2.14 bits per heavy atom. The van der Waals surface area contributed by atoms with Crippen LogP contribution in [0.4, 0.5) is 10.6 Å². The van der Waals surface area contributed by atoms with Gasteiger partial charge in [0.15, 0.2) is 0 Å². The summed E-state index contributed by atoms with van der Waals surface area (Å²) in [4.78, 5) is 12.2. The highest BCUT2D eigenvalue weighted by Crippen LogP contribution is 2.36. The van der Waals surface area contributed by atoms with Gasteiger partial charge in [0.05, 0.1) is 17.8 Å². The Morgan fingerprint density at radius 3 is 2.71 bits per heavy atom. The summed E-state index contributed by atoms with van der Waals surface area (Å²) in [6.07, 6.45) is 7.44. The van der Waals surface area contributed by atoms with Crippen LogP contribution < -0.4 is 10.6 Å². The van der Waals surface area contributed by atoms with Crippen molar-refractivity contribution < 1.29 is 9.90 Å². The fourth-order valence-electron chi connectivity index (χ4n) is 3.27.